The van der Waals surface area contributed by atoms with Gasteiger partial charge in [-0.3, -0.25) is 4.79 Å². The van der Waals surface area contributed by atoms with E-state index in [1.54, 1.807) is 0 Å². The second kappa shape index (κ2) is 5.55. The number of methoxy groups -OCH3 is 1. The molecule has 1 aromatic heterocycles. The van der Waals surface area contributed by atoms with Crippen LogP contribution in [0.5, 0.6) is 6.01 Å². The normalized spacial score (nSPS) is 22.4. The van der Waals surface area contributed by atoms with Crippen molar-refractivity contribution < 1.29 is 22.7 Å². The first-order valence-electron chi connectivity index (χ1n) is 5.91. The number of rotatable bonds is 3. The number of hydrogen-bond donors (Lipinski definition) is 1. The molecule has 0 bridgehead atoms. The molecule has 1 aliphatic rings. The van der Waals surface area contributed by atoms with Gasteiger partial charge in [0.2, 0.25) is 5.91 Å². The number of carbonyl (C=O) groups excluding carboxylic acids is 1. The van der Waals surface area contributed by atoms with Crippen LogP contribution in [-0.4, -0.2) is 42.3 Å². The van der Waals surface area contributed by atoms with Crippen LogP contribution >= 0.6 is 11.6 Å². The highest BCUT2D eigenvalue weighted by atomic mass is 35.5. The van der Waals surface area contributed by atoms with Crippen molar-refractivity contribution >= 4 is 23.3 Å². The molecule has 21 heavy (non-hydrogen) atoms. The molecule has 10 heteroatoms. The molecule has 0 unspecified atom stereocenters. The zero-order chi connectivity index (χ0) is 15.8. The summed E-state index contributed by atoms with van der Waals surface area (Å²) < 4.78 is 43.8. The molecule has 6 nitrogen and oxygen atoms in total. The maximum Gasteiger partial charge on any atom is 0.394 e. The van der Waals surface area contributed by atoms with Gasteiger partial charge in [0.25, 0.3) is 0 Å². The molecule has 0 spiro atoms. The smallest absolute Gasteiger partial charge is 0.394 e. The fraction of sp³-hybridized carbons (Fsp3) is 0.545. The summed E-state index contributed by atoms with van der Waals surface area (Å²) in [6.07, 6.45) is -3.30. The first-order chi connectivity index (χ1) is 9.74. The lowest BCUT2D eigenvalue weighted by Gasteiger charge is -2.19. The third-order valence-corrected chi connectivity index (χ3v) is 3.56. The molecule has 0 aliphatic carbocycles. The Bertz CT molecular complexity index is 555. The number of nitrogens with zero attached hydrogens (tertiary/aromatic N) is 3. The van der Waals surface area contributed by atoms with Crippen molar-refractivity contribution in [3.63, 3.8) is 0 Å². The Kier molecular flexibility index (Phi) is 4.13. The summed E-state index contributed by atoms with van der Waals surface area (Å²) in [6.45, 7) is -0.656. The van der Waals surface area contributed by atoms with Crippen LogP contribution in [0.2, 0.25) is 5.02 Å². The van der Waals surface area contributed by atoms with Crippen LogP contribution in [0.1, 0.15) is 0 Å². The van der Waals surface area contributed by atoms with Crippen LogP contribution in [0.15, 0.2) is 6.20 Å². The molecule has 1 amide bonds. The summed E-state index contributed by atoms with van der Waals surface area (Å²) in [7, 11) is 1.32. The van der Waals surface area contributed by atoms with Gasteiger partial charge in [-0.05, 0) is 0 Å². The highest BCUT2D eigenvalue weighted by Gasteiger charge is 2.52. The lowest BCUT2D eigenvalue weighted by atomic mass is 9.95. The molecule has 1 fully saturated rings. The molecule has 2 N–H and O–H groups in total. The van der Waals surface area contributed by atoms with Gasteiger partial charge in [0, 0.05) is 13.1 Å². The minimum absolute atomic E-state index is 0.0273. The predicted molar refractivity (Wildman–Crippen MR) is 68.0 cm³/mol. The average molecular weight is 325 g/mol. The summed E-state index contributed by atoms with van der Waals surface area (Å²) in [4.78, 5) is 20.2. The predicted octanol–water partition coefficient (Wildman–Crippen LogP) is 1.24. The Hall–Kier alpha value is -1.77. The van der Waals surface area contributed by atoms with Gasteiger partial charge in [0.1, 0.15) is 5.02 Å². The van der Waals surface area contributed by atoms with E-state index in [9.17, 15) is 18.0 Å². The zero-order valence-electron chi connectivity index (χ0n) is 10.9. The number of nitrogens with two attached hydrogens (primary N) is 1. The number of ether oxygens (including phenoxy) is 1. The molecular weight excluding hydrogens is 313 g/mol. The molecule has 2 heterocycles. The van der Waals surface area contributed by atoms with E-state index in [4.69, 9.17) is 22.1 Å². The monoisotopic (exact) mass is 324 g/mol. The third-order valence-electron chi connectivity index (χ3n) is 3.29. The van der Waals surface area contributed by atoms with E-state index in [-0.39, 0.29) is 23.4 Å². The lowest BCUT2D eigenvalue weighted by Crippen LogP contribution is -2.37. The van der Waals surface area contributed by atoms with E-state index >= 15 is 0 Å². The van der Waals surface area contributed by atoms with Gasteiger partial charge in [0.15, 0.2) is 5.82 Å². The van der Waals surface area contributed by atoms with E-state index < -0.39 is 30.5 Å². The topological polar surface area (TPSA) is 81.3 Å². The van der Waals surface area contributed by atoms with Crippen LogP contribution < -0.4 is 15.4 Å². The number of hydrogen-bond acceptors (Lipinski definition) is 5. The second-order valence-corrected chi connectivity index (χ2v) is 5.00. The molecule has 116 valence electrons. The van der Waals surface area contributed by atoms with Crippen LogP contribution in [0.3, 0.4) is 0 Å². The maximum absolute atomic E-state index is 13.0. The number of amides is 1. The van der Waals surface area contributed by atoms with E-state index in [1.165, 1.54) is 18.2 Å². The van der Waals surface area contributed by atoms with Crippen molar-refractivity contribution in [2.75, 3.05) is 25.1 Å². The third kappa shape index (κ3) is 3.12. The summed E-state index contributed by atoms with van der Waals surface area (Å²) in [5.41, 5.74) is 5.06. The number of carbonyl (C=O) groups is 1. The highest BCUT2D eigenvalue weighted by Crippen LogP contribution is 2.40. The Morgan fingerprint density at radius 1 is 1.52 bits per heavy atom. The fourth-order valence-electron chi connectivity index (χ4n) is 2.26. The van der Waals surface area contributed by atoms with Crippen molar-refractivity contribution in [3.05, 3.63) is 11.2 Å². The number of halogens is 4. The fourth-order valence-corrected chi connectivity index (χ4v) is 2.47. The van der Waals surface area contributed by atoms with Gasteiger partial charge in [-0.2, -0.15) is 18.2 Å². The number of anilines is 1. The van der Waals surface area contributed by atoms with Gasteiger partial charge < -0.3 is 15.4 Å². The number of primary amides is 1. The molecule has 2 atom stereocenters. The molecule has 1 saturated heterocycles. The van der Waals surface area contributed by atoms with E-state index in [0.29, 0.717) is 0 Å². The van der Waals surface area contributed by atoms with Crippen molar-refractivity contribution in [1.29, 1.82) is 0 Å². The molecule has 0 aromatic carbocycles. The molecular formula is C11H12ClF3N4O2. The zero-order valence-corrected chi connectivity index (χ0v) is 11.6. The van der Waals surface area contributed by atoms with E-state index in [1.807, 2.05) is 0 Å². The average Bonchev–Trinajstić information content (AvgIpc) is 2.84. The Morgan fingerprint density at radius 2 is 2.19 bits per heavy atom. The van der Waals surface area contributed by atoms with Crippen molar-refractivity contribution in [2.45, 2.75) is 6.18 Å². The number of aromatic nitrogens is 2. The van der Waals surface area contributed by atoms with E-state index in [2.05, 4.69) is 9.97 Å². The summed E-state index contributed by atoms with van der Waals surface area (Å²) in [5, 5.41) is 0.0712. The minimum Gasteiger partial charge on any atom is -0.467 e. The Labute approximate surface area is 123 Å². The first-order valence-corrected chi connectivity index (χ1v) is 6.29. The largest absolute Gasteiger partial charge is 0.467 e. The standard InChI is InChI=1S/C11H12ClF3N4O2/c1-21-10-17-2-7(12)9(18-10)19-3-5(8(16)20)6(4-19)11(13,14)15/h2,5-6H,3-4H2,1H3,(H2,16,20)/t5-,6-/m1/s1. The molecule has 2 rings (SSSR count). The van der Waals surface area contributed by atoms with Crippen LogP contribution in [0, 0.1) is 11.8 Å². The van der Waals surface area contributed by atoms with Crippen molar-refractivity contribution in [3.8, 4) is 6.01 Å². The first kappa shape index (κ1) is 15.6. The van der Waals surface area contributed by atoms with Crippen LogP contribution in [0.25, 0.3) is 0 Å². The highest BCUT2D eigenvalue weighted by molar-refractivity contribution is 6.32. The van der Waals surface area contributed by atoms with Crippen LogP contribution in [-0.2, 0) is 4.79 Å². The Balaban J connectivity index is 2.33. The Morgan fingerprint density at radius 3 is 2.67 bits per heavy atom. The summed E-state index contributed by atoms with van der Waals surface area (Å²) >= 11 is 5.90. The minimum atomic E-state index is -4.53. The molecule has 1 aromatic rings. The summed E-state index contributed by atoms with van der Waals surface area (Å²) in [5.74, 6) is -4.12. The van der Waals surface area contributed by atoms with Gasteiger partial charge in [-0.15, -0.1) is 0 Å². The van der Waals surface area contributed by atoms with E-state index in [0.717, 1.165) is 0 Å². The SMILES string of the molecule is COc1ncc(Cl)c(N2C[C@@H](C(F)(F)F)[C@H](C(N)=O)C2)n1. The quantitative estimate of drug-likeness (QED) is 0.904. The molecule has 0 radical (unpaired) electrons. The molecule has 0 saturated carbocycles. The number of alkyl halides is 3. The van der Waals surface area contributed by atoms with Gasteiger partial charge in [-0.25, -0.2) is 4.98 Å². The van der Waals surface area contributed by atoms with Crippen LogP contribution in [0.4, 0.5) is 19.0 Å². The summed E-state index contributed by atoms with van der Waals surface area (Å²) in [6, 6.07) is -0.0273. The van der Waals surface area contributed by atoms with Crippen molar-refractivity contribution in [2.24, 2.45) is 17.6 Å². The van der Waals surface area contributed by atoms with Gasteiger partial charge in [0.05, 0.1) is 25.1 Å². The lowest BCUT2D eigenvalue weighted by molar-refractivity contribution is -0.181. The van der Waals surface area contributed by atoms with Gasteiger partial charge >= 0.3 is 12.2 Å². The van der Waals surface area contributed by atoms with Crippen molar-refractivity contribution in [1.82, 2.24) is 9.97 Å². The van der Waals surface area contributed by atoms with Gasteiger partial charge in [-0.1, -0.05) is 11.6 Å². The maximum atomic E-state index is 13.0. The molecule has 1 aliphatic heterocycles. The second-order valence-electron chi connectivity index (χ2n) is 4.59.